The zero-order valence-corrected chi connectivity index (χ0v) is 13.4. The van der Waals surface area contributed by atoms with E-state index >= 15 is 0 Å². The second kappa shape index (κ2) is 5.22. The lowest BCUT2D eigenvalue weighted by Gasteiger charge is -2.12. The zero-order chi connectivity index (χ0) is 17.8. The van der Waals surface area contributed by atoms with Gasteiger partial charge in [-0.15, -0.1) is 0 Å². The summed E-state index contributed by atoms with van der Waals surface area (Å²) < 4.78 is 0. The molecule has 1 aliphatic heterocycles. The minimum Gasteiger partial charge on any atom is -0.340 e. The molecule has 1 N–H and O–H groups in total. The van der Waals surface area contributed by atoms with E-state index in [0.29, 0.717) is 23.0 Å². The summed E-state index contributed by atoms with van der Waals surface area (Å²) in [6.07, 6.45) is 2.19. The Morgan fingerprint density at radius 1 is 1.12 bits per heavy atom. The Morgan fingerprint density at radius 2 is 1.85 bits per heavy atom. The number of aromatic nitrogens is 3. The number of carbonyl (C=O) groups excluding carboxylic acids is 3. The average molecular weight is 348 g/mol. The summed E-state index contributed by atoms with van der Waals surface area (Å²) in [7, 11) is 0. The van der Waals surface area contributed by atoms with Crippen molar-refractivity contribution in [2.24, 2.45) is 5.92 Å². The van der Waals surface area contributed by atoms with Crippen molar-refractivity contribution in [3.05, 3.63) is 59.5 Å². The number of rotatable bonds is 3. The number of fused-ring (bicyclic) bond motifs is 2. The number of H-pyrrole nitrogens is 1. The molecule has 1 aromatic carbocycles. The van der Waals surface area contributed by atoms with Gasteiger partial charge in [0.05, 0.1) is 22.6 Å². The smallest absolute Gasteiger partial charge is 0.337 e. The van der Waals surface area contributed by atoms with E-state index in [0.717, 1.165) is 5.52 Å². The number of nitrogens with one attached hydrogen (secondary N) is 1. The summed E-state index contributed by atoms with van der Waals surface area (Å²) in [5, 5.41) is 0.544. The average Bonchev–Trinajstić information content (AvgIpc) is 3.30. The van der Waals surface area contributed by atoms with Gasteiger partial charge in [-0.2, -0.15) is 0 Å². The van der Waals surface area contributed by atoms with Crippen molar-refractivity contribution < 1.29 is 19.2 Å². The third-order valence-electron chi connectivity index (χ3n) is 4.66. The fourth-order valence-corrected chi connectivity index (χ4v) is 3.20. The molecule has 1 saturated carbocycles. The Hall–Kier alpha value is -3.55. The number of imide groups is 1. The van der Waals surface area contributed by atoms with Gasteiger partial charge in [-0.1, -0.05) is 17.2 Å². The number of hydrogen-bond acceptors (Lipinski definition) is 6. The normalized spacial score (nSPS) is 21.2. The molecule has 0 bridgehead atoms. The van der Waals surface area contributed by atoms with Crippen LogP contribution in [0, 0.1) is 5.92 Å². The molecular formula is C18H12N4O4. The second-order valence-electron chi connectivity index (χ2n) is 6.31. The van der Waals surface area contributed by atoms with Gasteiger partial charge in [0.15, 0.2) is 5.65 Å². The van der Waals surface area contributed by atoms with Crippen molar-refractivity contribution in [3.63, 3.8) is 0 Å². The summed E-state index contributed by atoms with van der Waals surface area (Å²) in [6, 6.07) is 10.0. The third kappa shape index (κ3) is 2.12. The highest BCUT2D eigenvalue weighted by Gasteiger charge is 2.50. The van der Waals surface area contributed by atoms with E-state index in [2.05, 4.69) is 15.0 Å². The quantitative estimate of drug-likeness (QED) is 0.724. The van der Waals surface area contributed by atoms with Crippen LogP contribution in [0.1, 0.15) is 38.9 Å². The number of hydrogen-bond donors (Lipinski definition) is 1. The molecule has 1 aliphatic carbocycles. The van der Waals surface area contributed by atoms with E-state index in [1.807, 2.05) is 6.07 Å². The summed E-state index contributed by atoms with van der Waals surface area (Å²) in [5.74, 6) is -1.78. The molecule has 0 spiro atoms. The monoisotopic (exact) mass is 348 g/mol. The first-order chi connectivity index (χ1) is 12.6. The SMILES string of the molecule is O=C(ON1C(=O)c2ccccc2C1=O)[C@H]1C[C@H]1c1nc2ncccc2[nH]1. The molecule has 3 heterocycles. The molecule has 0 radical (unpaired) electrons. The van der Waals surface area contributed by atoms with Crippen LogP contribution in [0.2, 0.25) is 0 Å². The van der Waals surface area contributed by atoms with Crippen molar-refractivity contribution in [1.29, 1.82) is 0 Å². The predicted octanol–water partition coefficient (Wildman–Crippen LogP) is 1.82. The second-order valence-corrected chi connectivity index (χ2v) is 6.31. The highest BCUT2D eigenvalue weighted by atomic mass is 16.7. The molecule has 5 rings (SSSR count). The van der Waals surface area contributed by atoms with E-state index < -0.39 is 23.7 Å². The van der Waals surface area contributed by atoms with Crippen molar-refractivity contribution in [3.8, 4) is 0 Å². The third-order valence-corrected chi connectivity index (χ3v) is 4.66. The van der Waals surface area contributed by atoms with Crippen LogP contribution in [-0.4, -0.2) is 37.8 Å². The van der Waals surface area contributed by atoms with Crippen LogP contribution in [0.5, 0.6) is 0 Å². The van der Waals surface area contributed by atoms with Crippen LogP contribution in [0.4, 0.5) is 0 Å². The number of carbonyl (C=O) groups is 3. The van der Waals surface area contributed by atoms with Crippen LogP contribution < -0.4 is 0 Å². The molecule has 8 heteroatoms. The minimum atomic E-state index is -0.621. The molecule has 26 heavy (non-hydrogen) atoms. The van der Waals surface area contributed by atoms with Gasteiger partial charge in [0.25, 0.3) is 11.8 Å². The molecular weight excluding hydrogens is 336 g/mol. The number of aromatic amines is 1. The van der Waals surface area contributed by atoms with Crippen molar-refractivity contribution in [2.75, 3.05) is 0 Å². The molecule has 1 fully saturated rings. The van der Waals surface area contributed by atoms with Gasteiger partial charge in [-0.3, -0.25) is 9.59 Å². The summed E-state index contributed by atoms with van der Waals surface area (Å²) in [6.45, 7) is 0. The number of pyridine rings is 1. The summed E-state index contributed by atoms with van der Waals surface area (Å²) in [4.78, 5) is 53.7. The Labute approximate surface area is 146 Å². The molecule has 2 atom stereocenters. The van der Waals surface area contributed by atoms with E-state index in [9.17, 15) is 14.4 Å². The number of nitrogens with zero attached hydrogens (tertiary/aromatic N) is 3. The molecule has 8 nitrogen and oxygen atoms in total. The van der Waals surface area contributed by atoms with Gasteiger partial charge in [-0.05, 0) is 30.7 Å². The number of amides is 2. The van der Waals surface area contributed by atoms with Gasteiger partial charge in [0.2, 0.25) is 0 Å². The first-order valence-electron chi connectivity index (χ1n) is 8.14. The number of imidazole rings is 1. The van der Waals surface area contributed by atoms with Crippen LogP contribution in [0.3, 0.4) is 0 Å². The molecule has 0 saturated heterocycles. The van der Waals surface area contributed by atoms with Gasteiger partial charge >= 0.3 is 5.97 Å². The topological polar surface area (TPSA) is 105 Å². The van der Waals surface area contributed by atoms with Gasteiger partial charge in [0.1, 0.15) is 5.82 Å². The lowest BCUT2D eigenvalue weighted by atomic mass is 10.1. The molecule has 2 aliphatic rings. The van der Waals surface area contributed by atoms with Crippen LogP contribution in [0.25, 0.3) is 11.2 Å². The Kier molecular flexibility index (Phi) is 2.96. The molecule has 0 unspecified atom stereocenters. The van der Waals surface area contributed by atoms with Crippen LogP contribution in [0.15, 0.2) is 42.6 Å². The van der Waals surface area contributed by atoms with Crippen molar-refractivity contribution in [1.82, 2.24) is 20.0 Å². The Morgan fingerprint density at radius 3 is 2.54 bits per heavy atom. The van der Waals surface area contributed by atoms with E-state index in [1.54, 1.807) is 24.4 Å². The first-order valence-corrected chi connectivity index (χ1v) is 8.14. The summed E-state index contributed by atoms with van der Waals surface area (Å²) >= 11 is 0. The molecule has 3 aromatic rings. The maximum atomic E-state index is 12.4. The summed E-state index contributed by atoms with van der Waals surface area (Å²) in [5.41, 5.74) is 1.85. The van der Waals surface area contributed by atoms with Gasteiger partial charge in [-0.25, -0.2) is 14.8 Å². The van der Waals surface area contributed by atoms with Gasteiger partial charge < -0.3 is 9.82 Å². The molecule has 2 aromatic heterocycles. The fraction of sp³-hybridized carbons (Fsp3) is 0.167. The minimum absolute atomic E-state index is 0.133. The first kappa shape index (κ1) is 14.8. The highest BCUT2D eigenvalue weighted by molar-refractivity contribution is 6.20. The molecule has 2 amide bonds. The lowest BCUT2D eigenvalue weighted by molar-refractivity contribution is -0.170. The largest absolute Gasteiger partial charge is 0.340 e. The van der Waals surface area contributed by atoms with E-state index in [1.165, 1.54) is 12.1 Å². The van der Waals surface area contributed by atoms with Crippen LogP contribution >= 0.6 is 0 Å². The van der Waals surface area contributed by atoms with E-state index in [4.69, 9.17) is 4.84 Å². The van der Waals surface area contributed by atoms with Crippen molar-refractivity contribution >= 4 is 28.9 Å². The number of benzene rings is 1. The van der Waals surface area contributed by atoms with E-state index in [-0.39, 0.29) is 17.0 Å². The molecule has 128 valence electrons. The lowest BCUT2D eigenvalue weighted by Crippen LogP contribution is -2.33. The standard InChI is InChI=1S/C18H12N4O4/c23-16-9-4-1-2-5-10(9)17(24)22(16)26-18(25)12-8-11(12)14-20-13-6-3-7-19-15(13)21-14/h1-7,11-12H,8H2,(H,19,20,21)/t11-,12+/m1/s1. The fourth-order valence-electron chi connectivity index (χ4n) is 3.20. The number of hydroxylamine groups is 2. The predicted molar refractivity (Wildman–Crippen MR) is 87.8 cm³/mol. The highest BCUT2D eigenvalue weighted by Crippen LogP contribution is 2.47. The Bertz CT molecular complexity index is 1020. The maximum Gasteiger partial charge on any atom is 0.337 e. The maximum absolute atomic E-state index is 12.4. The Balaban J connectivity index is 1.32. The van der Waals surface area contributed by atoms with Gasteiger partial charge in [0, 0.05) is 12.1 Å². The zero-order valence-electron chi connectivity index (χ0n) is 13.4. The van der Waals surface area contributed by atoms with Crippen molar-refractivity contribution in [2.45, 2.75) is 12.3 Å². The van der Waals surface area contributed by atoms with Crippen LogP contribution in [-0.2, 0) is 9.63 Å².